The van der Waals surface area contributed by atoms with Crippen molar-refractivity contribution in [3.63, 3.8) is 0 Å². The summed E-state index contributed by atoms with van der Waals surface area (Å²) in [5, 5.41) is 14.9. The number of aryl methyl sites for hydroxylation is 1. The molecule has 0 fully saturated rings. The maximum absolute atomic E-state index is 9.64. The van der Waals surface area contributed by atoms with E-state index in [1.54, 1.807) is 34.4 Å². The number of thioether (sulfide) groups is 1. The average Bonchev–Trinajstić information content (AvgIpc) is 3.06. The summed E-state index contributed by atoms with van der Waals surface area (Å²) in [7, 11) is 0. The number of nitrogens with one attached hydrogen (secondary N) is 1. The zero-order valence-corrected chi connectivity index (χ0v) is 15.8. The van der Waals surface area contributed by atoms with Crippen molar-refractivity contribution in [3.8, 4) is 6.07 Å². The number of thiazole rings is 1. The van der Waals surface area contributed by atoms with Crippen LogP contribution in [0.4, 0.5) is 10.1 Å². The van der Waals surface area contributed by atoms with E-state index in [1.807, 2.05) is 0 Å². The quantitative estimate of drug-likeness (QED) is 0.455. The highest BCUT2D eigenvalue weighted by atomic mass is 32.2. The normalized spacial score (nSPS) is 14.2. The zero-order chi connectivity index (χ0) is 16.5. The predicted octanol–water partition coefficient (Wildman–Crippen LogP) is 5.96. The SMILES string of the molecule is CSc1ccc2nc(Nc3sc4c(c3C#N)CCCCC4)sc2c1. The van der Waals surface area contributed by atoms with Crippen molar-refractivity contribution in [2.45, 2.75) is 37.0 Å². The van der Waals surface area contributed by atoms with Gasteiger partial charge >= 0.3 is 0 Å². The van der Waals surface area contributed by atoms with Crippen molar-refractivity contribution >= 4 is 54.8 Å². The van der Waals surface area contributed by atoms with Crippen LogP contribution in [0, 0.1) is 11.3 Å². The lowest BCUT2D eigenvalue weighted by atomic mass is 10.1. The second kappa shape index (κ2) is 6.75. The number of thiophene rings is 1. The van der Waals surface area contributed by atoms with Gasteiger partial charge in [0, 0.05) is 9.77 Å². The van der Waals surface area contributed by atoms with Crippen molar-refractivity contribution in [1.29, 1.82) is 5.26 Å². The molecule has 0 atom stereocenters. The van der Waals surface area contributed by atoms with Crippen molar-refractivity contribution < 1.29 is 0 Å². The fraction of sp³-hybridized carbons (Fsp3) is 0.333. The number of nitriles is 1. The van der Waals surface area contributed by atoms with Crippen molar-refractivity contribution in [2.75, 3.05) is 11.6 Å². The van der Waals surface area contributed by atoms with Crippen LogP contribution in [-0.4, -0.2) is 11.2 Å². The first-order valence-electron chi connectivity index (χ1n) is 8.04. The number of benzene rings is 1. The topological polar surface area (TPSA) is 48.7 Å². The summed E-state index contributed by atoms with van der Waals surface area (Å²) in [6, 6.07) is 8.77. The third-order valence-electron chi connectivity index (χ3n) is 4.35. The molecule has 1 aliphatic carbocycles. The van der Waals surface area contributed by atoms with Crippen LogP contribution >= 0.6 is 34.4 Å². The summed E-state index contributed by atoms with van der Waals surface area (Å²) in [6.07, 6.45) is 7.91. The van der Waals surface area contributed by atoms with E-state index in [9.17, 15) is 5.26 Å². The lowest BCUT2D eigenvalue weighted by molar-refractivity contribution is 0.712. The number of rotatable bonds is 3. The predicted molar refractivity (Wildman–Crippen MR) is 105 cm³/mol. The summed E-state index contributed by atoms with van der Waals surface area (Å²) in [5.74, 6) is 0. The third-order valence-corrected chi connectivity index (χ3v) is 7.22. The van der Waals surface area contributed by atoms with Gasteiger partial charge in [0.1, 0.15) is 11.1 Å². The van der Waals surface area contributed by atoms with Gasteiger partial charge in [-0.2, -0.15) is 5.26 Å². The van der Waals surface area contributed by atoms with Crippen molar-refractivity contribution in [3.05, 3.63) is 34.2 Å². The first-order chi connectivity index (χ1) is 11.8. The lowest BCUT2D eigenvalue weighted by Crippen LogP contribution is -1.92. The molecular weight excluding hydrogens is 354 g/mol. The van der Waals surface area contributed by atoms with E-state index in [1.165, 1.54) is 39.3 Å². The molecule has 1 N–H and O–H groups in total. The van der Waals surface area contributed by atoms with Crippen LogP contribution in [0.1, 0.15) is 35.3 Å². The van der Waals surface area contributed by atoms with Crippen LogP contribution in [0.25, 0.3) is 10.2 Å². The molecule has 0 saturated carbocycles. The number of nitrogens with zero attached hydrogens (tertiary/aromatic N) is 2. The van der Waals surface area contributed by atoms with Gasteiger partial charge in [0.05, 0.1) is 15.8 Å². The van der Waals surface area contributed by atoms with Crippen LogP contribution in [-0.2, 0) is 12.8 Å². The summed E-state index contributed by atoms with van der Waals surface area (Å²) >= 11 is 5.13. The maximum atomic E-state index is 9.64. The molecule has 0 aliphatic heterocycles. The summed E-state index contributed by atoms with van der Waals surface area (Å²) in [6.45, 7) is 0. The smallest absolute Gasteiger partial charge is 0.188 e. The molecule has 6 heteroatoms. The first-order valence-corrected chi connectivity index (χ1v) is 10.9. The van der Waals surface area contributed by atoms with Gasteiger partial charge < -0.3 is 5.32 Å². The minimum absolute atomic E-state index is 0.834. The Morgan fingerprint density at radius 3 is 2.92 bits per heavy atom. The Labute approximate surface area is 153 Å². The Hall–Kier alpha value is -1.55. The first kappa shape index (κ1) is 15.9. The van der Waals surface area contributed by atoms with Crippen LogP contribution < -0.4 is 5.32 Å². The monoisotopic (exact) mass is 371 g/mol. The van der Waals surface area contributed by atoms with E-state index < -0.39 is 0 Å². The Balaban J connectivity index is 1.69. The fourth-order valence-electron chi connectivity index (χ4n) is 3.13. The third kappa shape index (κ3) is 2.92. The summed E-state index contributed by atoms with van der Waals surface area (Å²) in [5.41, 5.74) is 3.12. The Kier molecular flexibility index (Phi) is 4.49. The molecule has 3 nitrogen and oxygen atoms in total. The highest BCUT2D eigenvalue weighted by Gasteiger charge is 2.20. The van der Waals surface area contributed by atoms with Gasteiger partial charge in [-0.1, -0.05) is 17.8 Å². The molecule has 2 heterocycles. The van der Waals surface area contributed by atoms with Crippen molar-refractivity contribution in [1.82, 2.24) is 4.98 Å². The van der Waals surface area contributed by atoms with Gasteiger partial charge in [-0.05, 0) is 55.7 Å². The standard InChI is InChI=1S/C18H17N3S3/c1-22-11-7-8-14-16(9-11)24-18(20-14)21-17-13(10-19)12-5-3-2-4-6-15(12)23-17/h7-9H,2-6H2,1H3,(H,20,21). The highest BCUT2D eigenvalue weighted by molar-refractivity contribution is 7.98. The van der Waals surface area contributed by atoms with Gasteiger partial charge in [0.25, 0.3) is 0 Å². The molecule has 0 spiro atoms. The fourth-order valence-corrected chi connectivity index (χ4v) is 5.86. The molecule has 122 valence electrons. The lowest BCUT2D eigenvalue weighted by Gasteiger charge is -2.00. The van der Waals surface area contributed by atoms with Gasteiger partial charge in [-0.3, -0.25) is 0 Å². The van der Waals surface area contributed by atoms with E-state index in [4.69, 9.17) is 0 Å². The second-order valence-electron chi connectivity index (χ2n) is 5.86. The number of hydrogen-bond donors (Lipinski definition) is 1. The second-order valence-corrected chi connectivity index (χ2v) is 8.87. The minimum Gasteiger partial charge on any atom is -0.322 e. The molecule has 0 amide bonds. The molecule has 0 saturated heterocycles. The van der Waals surface area contributed by atoms with Gasteiger partial charge in [-0.25, -0.2) is 4.98 Å². The Morgan fingerprint density at radius 1 is 1.21 bits per heavy atom. The number of fused-ring (bicyclic) bond motifs is 2. The van der Waals surface area contributed by atoms with Gasteiger partial charge in [0.2, 0.25) is 0 Å². The Bertz CT molecular complexity index is 933. The van der Waals surface area contributed by atoms with Crippen LogP contribution in [0.2, 0.25) is 0 Å². The average molecular weight is 372 g/mol. The molecule has 4 rings (SSSR count). The van der Waals surface area contributed by atoms with E-state index in [-0.39, 0.29) is 0 Å². The molecule has 0 radical (unpaired) electrons. The molecule has 0 unspecified atom stereocenters. The van der Waals surface area contributed by atoms with Gasteiger partial charge in [-0.15, -0.1) is 23.1 Å². The van der Waals surface area contributed by atoms with E-state index >= 15 is 0 Å². The molecule has 0 bridgehead atoms. The molecular formula is C18H17N3S3. The number of hydrogen-bond acceptors (Lipinski definition) is 6. The maximum Gasteiger partial charge on any atom is 0.188 e. The number of aromatic nitrogens is 1. The van der Waals surface area contributed by atoms with Gasteiger partial charge in [0.15, 0.2) is 5.13 Å². The van der Waals surface area contributed by atoms with E-state index in [0.717, 1.165) is 34.1 Å². The largest absolute Gasteiger partial charge is 0.322 e. The molecule has 1 aromatic carbocycles. The molecule has 24 heavy (non-hydrogen) atoms. The summed E-state index contributed by atoms with van der Waals surface area (Å²) < 4.78 is 1.18. The Morgan fingerprint density at radius 2 is 2.08 bits per heavy atom. The van der Waals surface area contributed by atoms with Crippen molar-refractivity contribution in [2.24, 2.45) is 0 Å². The summed E-state index contributed by atoms with van der Waals surface area (Å²) in [4.78, 5) is 7.31. The van der Waals surface area contributed by atoms with Crippen LogP contribution in [0.5, 0.6) is 0 Å². The molecule has 1 aliphatic rings. The van der Waals surface area contributed by atoms with Crippen LogP contribution in [0.15, 0.2) is 23.1 Å². The zero-order valence-electron chi connectivity index (χ0n) is 13.4. The van der Waals surface area contributed by atoms with E-state index in [0.29, 0.717) is 0 Å². The minimum atomic E-state index is 0.834. The molecule has 3 aromatic rings. The molecule has 2 aromatic heterocycles. The highest BCUT2D eigenvalue weighted by Crippen LogP contribution is 2.40. The van der Waals surface area contributed by atoms with Crippen LogP contribution in [0.3, 0.4) is 0 Å². The number of anilines is 2. The van der Waals surface area contributed by atoms with E-state index in [2.05, 4.69) is 40.8 Å².